The van der Waals surface area contributed by atoms with E-state index in [9.17, 15) is 44.3 Å². The highest BCUT2D eigenvalue weighted by Crippen LogP contribution is 2.47. The zero-order valence-electron chi connectivity index (χ0n) is 13.5. The van der Waals surface area contributed by atoms with Gasteiger partial charge in [-0.05, 0) is 17.7 Å². The molecular weight excluding hydrogens is 407 g/mol. The third kappa shape index (κ3) is 4.07. The molecule has 0 aliphatic rings. The van der Waals surface area contributed by atoms with Gasteiger partial charge in [-0.15, -0.1) is 0 Å². The van der Waals surface area contributed by atoms with E-state index in [2.05, 4.69) is 0 Å². The Balaban J connectivity index is 2.15. The van der Waals surface area contributed by atoms with Gasteiger partial charge in [0.15, 0.2) is 11.6 Å². The van der Waals surface area contributed by atoms with Gasteiger partial charge in [-0.2, -0.15) is 30.7 Å². The maximum atomic E-state index is 13.4. The van der Waals surface area contributed by atoms with Crippen molar-refractivity contribution in [2.24, 2.45) is 0 Å². The van der Waals surface area contributed by atoms with Crippen molar-refractivity contribution in [2.75, 3.05) is 0 Å². The van der Waals surface area contributed by atoms with E-state index in [0.717, 1.165) is 30.3 Å². The minimum absolute atomic E-state index is 0.117. The van der Waals surface area contributed by atoms with Crippen LogP contribution in [-0.2, 0) is 6.61 Å². The van der Waals surface area contributed by atoms with Crippen molar-refractivity contribution in [3.63, 3.8) is 0 Å². The van der Waals surface area contributed by atoms with E-state index in [0.29, 0.717) is 12.1 Å². The second-order valence-corrected chi connectivity index (χ2v) is 5.54. The number of alkyl halides is 7. The number of ketones is 1. The number of carbonyl (C=O) groups is 1. The van der Waals surface area contributed by atoms with Gasteiger partial charge in [0.1, 0.15) is 12.4 Å². The normalized spacial score (nSPS) is 12.8. The first-order chi connectivity index (χ1) is 12.8. The molecule has 2 nitrogen and oxygen atoms in total. The summed E-state index contributed by atoms with van der Waals surface area (Å²) in [6.45, 7) is -0.427. The molecule has 2 aromatic rings. The molecule has 0 N–H and O–H groups in total. The van der Waals surface area contributed by atoms with E-state index in [-0.39, 0.29) is 5.56 Å². The molecule has 11 heteroatoms. The van der Waals surface area contributed by atoms with E-state index in [1.165, 1.54) is 0 Å². The second kappa shape index (κ2) is 7.36. The van der Waals surface area contributed by atoms with Gasteiger partial charge in [0.25, 0.3) is 0 Å². The smallest absolute Gasteiger partial charge is 0.460 e. The average Bonchev–Trinajstić information content (AvgIpc) is 2.61. The van der Waals surface area contributed by atoms with E-state index in [1.807, 2.05) is 0 Å². The lowest BCUT2D eigenvalue weighted by molar-refractivity contribution is -0.339. The van der Waals surface area contributed by atoms with Crippen molar-refractivity contribution < 1.29 is 49.0 Å². The summed E-state index contributed by atoms with van der Waals surface area (Å²) in [7, 11) is 0. The van der Waals surface area contributed by atoms with Gasteiger partial charge in [0.2, 0.25) is 5.78 Å². The first-order valence-corrected chi connectivity index (χ1v) is 7.31. The molecule has 0 heterocycles. The average molecular weight is 416 g/mol. The number of halogens is 9. The maximum Gasteiger partial charge on any atom is 0.460 e. The summed E-state index contributed by atoms with van der Waals surface area (Å²) in [6.07, 6.45) is -6.63. The van der Waals surface area contributed by atoms with Crippen LogP contribution >= 0.6 is 0 Å². The molecule has 28 heavy (non-hydrogen) atoms. The van der Waals surface area contributed by atoms with Crippen molar-refractivity contribution in [1.29, 1.82) is 0 Å². The number of ether oxygens (including phenoxy) is 1. The highest BCUT2D eigenvalue weighted by atomic mass is 19.4. The molecular formula is C17H9F9O2. The molecule has 152 valence electrons. The molecule has 0 fully saturated rings. The summed E-state index contributed by atoms with van der Waals surface area (Å²) in [6, 6.07) is 5.37. The van der Waals surface area contributed by atoms with Gasteiger partial charge in [0.05, 0.1) is 0 Å². The molecule has 0 saturated carbocycles. The highest BCUT2D eigenvalue weighted by Gasteiger charge is 2.76. The Morgan fingerprint density at radius 1 is 0.857 bits per heavy atom. The summed E-state index contributed by atoms with van der Waals surface area (Å²) in [5.74, 6) is -17.5. The van der Waals surface area contributed by atoms with Gasteiger partial charge in [-0.3, -0.25) is 4.79 Å². The SMILES string of the molecule is O=C(c1ccc(COc2cc(F)ccc2F)cc1)C(F)(F)C(F)(F)C(F)(F)F. The molecule has 0 unspecified atom stereocenters. The molecule has 0 amide bonds. The fourth-order valence-electron chi connectivity index (χ4n) is 2.00. The third-order valence-corrected chi connectivity index (χ3v) is 3.54. The van der Waals surface area contributed by atoms with E-state index in [1.54, 1.807) is 0 Å². The Labute approximate surface area is 151 Å². The predicted octanol–water partition coefficient (Wildman–Crippen LogP) is 5.56. The molecule has 0 spiro atoms. The molecule has 0 saturated heterocycles. The monoisotopic (exact) mass is 416 g/mol. The maximum absolute atomic E-state index is 13.4. The Morgan fingerprint density at radius 2 is 1.43 bits per heavy atom. The Kier molecular flexibility index (Phi) is 5.67. The molecule has 2 rings (SSSR count). The van der Waals surface area contributed by atoms with Crippen LogP contribution in [0.2, 0.25) is 0 Å². The molecule has 0 radical (unpaired) electrons. The van der Waals surface area contributed by atoms with Crippen LogP contribution in [0, 0.1) is 11.6 Å². The molecule has 0 atom stereocenters. The number of carbonyl (C=O) groups excluding carboxylic acids is 1. The molecule has 0 aromatic heterocycles. The molecule has 2 aromatic carbocycles. The van der Waals surface area contributed by atoms with Gasteiger partial charge < -0.3 is 4.74 Å². The van der Waals surface area contributed by atoms with Crippen molar-refractivity contribution in [2.45, 2.75) is 24.6 Å². The lowest BCUT2D eigenvalue weighted by Gasteiger charge is -2.27. The van der Waals surface area contributed by atoms with Gasteiger partial charge in [-0.1, -0.05) is 24.3 Å². The van der Waals surface area contributed by atoms with E-state index in [4.69, 9.17) is 4.74 Å². The summed E-state index contributed by atoms with van der Waals surface area (Å²) in [4.78, 5) is 11.5. The Bertz CT molecular complexity index is 858. The van der Waals surface area contributed by atoms with Crippen LogP contribution in [0.1, 0.15) is 15.9 Å². The Hall–Kier alpha value is -2.72. The lowest BCUT2D eigenvalue weighted by atomic mass is 9.99. The number of hydrogen-bond donors (Lipinski definition) is 0. The zero-order chi connectivity index (χ0) is 21.3. The fourth-order valence-corrected chi connectivity index (χ4v) is 2.00. The zero-order valence-corrected chi connectivity index (χ0v) is 13.5. The number of rotatable bonds is 6. The number of Topliss-reactive ketones (excluding diaryl/α,β-unsaturated/α-hetero) is 1. The van der Waals surface area contributed by atoms with Gasteiger partial charge >= 0.3 is 18.0 Å². The Morgan fingerprint density at radius 3 is 1.96 bits per heavy atom. The summed E-state index contributed by atoms with van der Waals surface area (Å²) in [5.41, 5.74) is -0.985. The van der Waals surface area contributed by atoms with Crippen LogP contribution in [0.25, 0.3) is 0 Å². The largest absolute Gasteiger partial charge is 0.486 e. The third-order valence-electron chi connectivity index (χ3n) is 3.54. The fraction of sp³-hybridized carbons (Fsp3) is 0.235. The predicted molar refractivity (Wildman–Crippen MR) is 77.4 cm³/mol. The van der Waals surface area contributed by atoms with Crippen LogP contribution in [-0.4, -0.2) is 23.8 Å². The van der Waals surface area contributed by atoms with Crippen LogP contribution in [0.3, 0.4) is 0 Å². The first-order valence-electron chi connectivity index (χ1n) is 7.31. The van der Waals surface area contributed by atoms with Crippen LogP contribution in [0.5, 0.6) is 5.75 Å². The summed E-state index contributed by atoms with van der Waals surface area (Å²) < 4.78 is 120. The van der Waals surface area contributed by atoms with Crippen molar-refractivity contribution >= 4 is 5.78 Å². The standard InChI is InChI=1S/C17H9F9O2/c18-11-5-6-12(19)13(7-11)28-8-9-1-3-10(4-2-9)14(27)15(20,21)16(22,23)17(24,25)26/h1-7H,8H2. The van der Waals surface area contributed by atoms with Crippen LogP contribution < -0.4 is 4.74 Å². The summed E-state index contributed by atoms with van der Waals surface area (Å²) in [5, 5.41) is 0. The van der Waals surface area contributed by atoms with E-state index < -0.39 is 53.4 Å². The molecule has 0 aliphatic heterocycles. The number of benzene rings is 2. The first kappa shape index (κ1) is 21.6. The quantitative estimate of drug-likeness (QED) is 0.455. The van der Waals surface area contributed by atoms with Gasteiger partial charge in [0, 0.05) is 11.6 Å². The molecule has 0 bridgehead atoms. The van der Waals surface area contributed by atoms with Crippen molar-refractivity contribution in [3.05, 3.63) is 65.2 Å². The topological polar surface area (TPSA) is 26.3 Å². The molecule has 0 aliphatic carbocycles. The lowest BCUT2D eigenvalue weighted by Crippen LogP contribution is -2.56. The van der Waals surface area contributed by atoms with Crippen LogP contribution in [0.4, 0.5) is 39.5 Å². The second-order valence-electron chi connectivity index (χ2n) is 5.54. The van der Waals surface area contributed by atoms with Crippen molar-refractivity contribution in [3.8, 4) is 5.75 Å². The van der Waals surface area contributed by atoms with Crippen LogP contribution in [0.15, 0.2) is 42.5 Å². The summed E-state index contributed by atoms with van der Waals surface area (Å²) >= 11 is 0. The van der Waals surface area contributed by atoms with Gasteiger partial charge in [-0.25, -0.2) is 8.78 Å². The number of hydrogen-bond acceptors (Lipinski definition) is 2. The highest BCUT2D eigenvalue weighted by molar-refractivity contribution is 6.02. The minimum atomic E-state index is -6.63. The van der Waals surface area contributed by atoms with Crippen molar-refractivity contribution in [1.82, 2.24) is 0 Å². The minimum Gasteiger partial charge on any atom is -0.486 e. The van der Waals surface area contributed by atoms with E-state index >= 15 is 0 Å².